The minimum absolute atomic E-state index is 0.0406. The maximum Gasteiger partial charge on any atom is 0.277 e. The topological polar surface area (TPSA) is 53.0 Å². The van der Waals surface area contributed by atoms with E-state index >= 15 is 0 Å². The average Bonchev–Trinajstić information content (AvgIpc) is 2.61. The Morgan fingerprint density at radius 3 is 2.38 bits per heavy atom. The van der Waals surface area contributed by atoms with Gasteiger partial charge in [-0.1, -0.05) is 26.7 Å². The molecule has 2 aliphatic rings. The van der Waals surface area contributed by atoms with Gasteiger partial charge in [-0.15, -0.1) is 0 Å². The Morgan fingerprint density at radius 2 is 1.69 bits per heavy atom. The van der Waals surface area contributed by atoms with Gasteiger partial charge >= 0.3 is 0 Å². The molecule has 0 saturated carbocycles. The van der Waals surface area contributed by atoms with Crippen LogP contribution in [0.3, 0.4) is 0 Å². The summed E-state index contributed by atoms with van der Waals surface area (Å²) in [7, 11) is 0.0415. The molecule has 1 aromatic carbocycles. The van der Waals surface area contributed by atoms with Gasteiger partial charge in [0.25, 0.3) is 5.91 Å². The standard InChI is InChI=1S/C20H28N3O2P/c1-5-7-9-22-16-12-14(4)13(3)11-15(16)21-17-18(24)23(10-8-6-2)20(25)26-19(17)22/h11-12,19,26H,5-10H2,1-4H3. The molecule has 1 saturated heterocycles. The lowest BCUT2D eigenvalue weighted by molar-refractivity contribution is -0.121. The van der Waals surface area contributed by atoms with Crippen molar-refractivity contribution in [3.8, 4) is 0 Å². The number of hydrogen-bond donors (Lipinski definition) is 0. The number of aliphatic imine (C=N–C) groups is 1. The van der Waals surface area contributed by atoms with Gasteiger partial charge in [-0.3, -0.25) is 14.5 Å². The maximum absolute atomic E-state index is 13.0. The number of fused-ring (bicyclic) bond motifs is 2. The van der Waals surface area contributed by atoms with Gasteiger partial charge in [0.2, 0.25) is 5.65 Å². The Hall–Kier alpha value is -1.74. The minimum atomic E-state index is -0.200. The summed E-state index contributed by atoms with van der Waals surface area (Å²) < 4.78 is 0. The first-order valence-electron chi connectivity index (χ1n) is 9.56. The number of amides is 2. The summed E-state index contributed by atoms with van der Waals surface area (Å²) in [5.74, 6) is -0.397. The maximum atomic E-state index is 13.0. The van der Waals surface area contributed by atoms with Gasteiger partial charge in [0, 0.05) is 21.7 Å². The Morgan fingerprint density at radius 1 is 1.04 bits per heavy atom. The second-order valence-electron chi connectivity index (χ2n) is 7.13. The highest BCUT2D eigenvalue weighted by Crippen LogP contribution is 2.44. The van der Waals surface area contributed by atoms with E-state index in [1.807, 2.05) is 0 Å². The molecular formula is C20H28N3O2P. The van der Waals surface area contributed by atoms with E-state index in [1.54, 1.807) is 0 Å². The summed E-state index contributed by atoms with van der Waals surface area (Å²) in [5, 5.41) is 0. The highest BCUT2D eigenvalue weighted by atomic mass is 31.1. The third-order valence-electron chi connectivity index (χ3n) is 5.17. The van der Waals surface area contributed by atoms with Crippen LogP contribution in [0.1, 0.15) is 50.7 Å². The first-order chi connectivity index (χ1) is 12.5. The van der Waals surface area contributed by atoms with Crippen molar-refractivity contribution in [1.82, 2.24) is 4.90 Å². The number of nitrogens with zero attached hydrogens (tertiary/aromatic N) is 3. The largest absolute Gasteiger partial charge is 0.357 e. The lowest BCUT2D eigenvalue weighted by Gasteiger charge is -2.42. The number of imide groups is 1. The number of carbonyl (C=O) groups is 2. The van der Waals surface area contributed by atoms with Crippen LogP contribution in [0.5, 0.6) is 0 Å². The van der Waals surface area contributed by atoms with Crippen LogP contribution in [0.2, 0.25) is 0 Å². The van der Waals surface area contributed by atoms with Crippen LogP contribution in [0.15, 0.2) is 17.1 Å². The average molecular weight is 373 g/mol. The molecule has 3 rings (SSSR count). The summed E-state index contributed by atoms with van der Waals surface area (Å²) in [6.45, 7) is 9.74. The minimum Gasteiger partial charge on any atom is -0.357 e. The van der Waals surface area contributed by atoms with E-state index in [1.165, 1.54) is 16.0 Å². The van der Waals surface area contributed by atoms with Gasteiger partial charge in [-0.25, -0.2) is 4.99 Å². The molecule has 2 atom stereocenters. The number of aryl methyl sites for hydroxylation is 2. The fourth-order valence-corrected chi connectivity index (χ4v) is 4.77. The van der Waals surface area contributed by atoms with Gasteiger partial charge in [-0.05, 0) is 49.9 Å². The summed E-state index contributed by atoms with van der Waals surface area (Å²) in [6.07, 6.45) is 3.90. The number of carbonyl (C=O) groups excluding carboxylic acids is 2. The third kappa shape index (κ3) is 3.42. The van der Waals surface area contributed by atoms with Crippen molar-refractivity contribution in [1.29, 1.82) is 0 Å². The van der Waals surface area contributed by atoms with Crippen molar-refractivity contribution in [2.45, 2.75) is 59.2 Å². The quantitative estimate of drug-likeness (QED) is 0.676. The summed E-state index contributed by atoms with van der Waals surface area (Å²) in [6, 6.07) is 4.22. The van der Waals surface area contributed by atoms with Crippen molar-refractivity contribution >= 4 is 37.2 Å². The van der Waals surface area contributed by atoms with E-state index in [4.69, 9.17) is 4.99 Å². The van der Waals surface area contributed by atoms with Crippen LogP contribution in [0, 0.1) is 13.8 Å². The molecule has 2 heterocycles. The van der Waals surface area contributed by atoms with Crippen molar-refractivity contribution in [3.63, 3.8) is 0 Å². The number of anilines is 1. The molecular weight excluding hydrogens is 345 g/mol. The van der Waals surface area contributed by atoms with Crippen LogP contribution >= 0.6 is 8.58 Å². The zero-order valence-electron chi connectivity index (χ0n) is 16.1. The molecule has 0 aliphatic carbocycles. The molecule has 2 unspecified atom stereocenters. The highest BCUT2D eigenvalue weighted by molar-refractivity contribution is 7.60. The molecule has 0 bridgehead atoms. The van der Waals surface area contributed by atoms with E-state index in [0.29, 0.717) is 12.3 Å². The summed E-state index contributed by atoms with van der Waals surface area (Å²) in [5.41, 5.74) is 4.81. The zero-order valence-corrected chi connectivity index (χ0v) is 17.1. The molecule has 26 heavy (non-hydrogen) atoms. The molecule has 1 fully saturated rings. The molecule has 0 aromatic heterocycles. The fraction of sp³-hybridized carbons (Fsp3) is 0.550. The van der Waals surface area contributed by atoms with E-state index < -0.39 is 0 Å². The second kappa shape index (κ2) is 7.87. The molecule has 0 spiro atoms. The van der Waals surface area contributed by atoms with E-state index in [0.717, 1.165) is 43.6 Å². The van der Waals surface area contributed by atoms with Crippen LogP contribution in [0.25, 0.3) is 0 Å². The van der Waals surface area contributed by atoms with Gasteiger partial charge in [0.05, 0.1) is 11.4 Å². The van der Waals surface area contributed by atoms with Crippen molar-refractivity contribution in [2.75, 3.05) is 18.0 Å². The van der Waals surface area contributed by atoms with Crippen LogP contribution in [0.4, 0.5) is 16.2 Å². The highest BCUT2D eigenvalue weighted by Gasteiger charge is 2.43. The number of unbranched alkanes of at least 4 members (excludes halogenated alkanes) is 2. The zero-order chi connectivity index (χ0) is 18.8. The Kier molecular flexibility index (Phi) is 5.76. The third-order valence-corrected chi connectivity index (χ3v) is 6.54. The SMILES string of the molecule is CCCCN1C(=O)PC2C(=Nc3cc(C)c(C)cc3N2CCCC)C1=O. The normalized spacial score (nSPS) is 20.3. The first kappa shape index (κ1) is 19.0. The second-order valence-corrected chi connectivity index (χ2v) is 8.39. The van der Waals surface area contributed by atoms with Crippen molar-refractivity contribution < 1.29 is 9.59 Å². The van der Waals surface area contributed by atoms with E-state index in [-0.39, 0.29) is 25.9 Å². The molecule has 140 valence electrons. The van der Waals surface area contributed by atoms with Crippen LogP contribution in [-0.4, -0.2) is 41.0 Å². The van der Waals surface area contributed by atoms with Gasteiger partial charge in [0.1, 0.15) is 11.5 Å². The number of rotatable bonds is 6. The molecule has 0 radical (unpaired) electrons. The van der Waals surface area contributed by atoms with Crippen molar-refractivity contribution in [3.05, 3.63) is 23.3 Å². The predicted octanol–water partition coefficient (Wildman–Crippen LogP) is 4.76. The molecule has 0 N–H and O–H groups in total. The molecule has 2 aliphatic heterocycles. The molecule has 2 amide bonds. The summed E-state index contributed by atoms with van der Waals surface area (Å²) in [4.78, 5) is 34.1. The van der Waals surface area contributed by atoms with Gasteiger partial charge in [0.15, 0.2) is 0 Å². The number of benzene rings is 1. The van der Waals surface area contributed by atoms with Crippen molar-refractivity contribution in [2.24, 2.45) is 4.99 Å². The monoisotopic (exact) mass is 373 g/mol. The summed E-state index contributed by atoms with van der Waals surface area (Å²) >= 11 is 0. The molecule has 5 nitrogen and oxygen atoms in total. The lowest BCUT2D eigenvalue weighted by atomic mass is 10.0. The van der Waals surface area contributed by atoms with Crippen LogP contribution in [-0.2, 0) is 4.79 Å². The predicted molar refractivity (Wildman–Crippen MR) is 109 cm³/mol. The smallest absolute Gasteiger partial charge is 0.277 e. The Labute approximate surface area is 157 Å². The molecule has 1 aromatic rings. The fourth-order valence-electron chi connectivity index (χ4n) is 3.42. The van der Waals surface area contributed by atoms with Gasteiger partial charge < -0.3 is 4.90 Å². The molecule has 6 heteroatoms. The first-order valence-corrected chi connectivity index (χ1v) is 10.6. The lowest BCUT2D eigenvalue weighted by Crippen LogP contribution is -2.54. The van der Waals surface area contributed by atoms with Crippen LogP contribution < -0.4 is 4.90 Å². The Bertz CT molecular complexity index is 760. The van der Waals surface area contributed by atoms with Gasteiger partial charge in [-0.2, -0.15) is 0 Å². The Balaban J connectivity index is 2.03. The van der Waals surface area contributed by atoms with E-state index in [9.17, 15) is 9.59 Å². The van der Waals surface area contributed by atoms with E-state index in [2.05, 4.69) is 44.7 Å². The number of hydrogen-bond acceptors (Lipinski definition) is 4.